The number of rotatable bonds is 1. The van der Waals surface area contributed by atoms with E-state index in [1.165, 1.54) is 12.8 Å². The first kappa shape index (κ1) is 8.49. The van der Waals surface area contributed by atoms with E-state index in [2.05, 4.69) is 15.5 Å². The minimum Gasteiger partial charge on any atom is -0.426 e. The number of aromatic nitrogens is 2. The van der Waals surface area contributed by atoms with Crippen LogP contribution in [0.25, 0.3) is 0 Å². The van der Waals surface area contributed by atoms with E-state index in [1.54, 1.807) is 0 Å². The van der Waals surface area contributed by atoms with E-state index in [9.17, 15) is 0 Å². The lowest BCUT2D eigenvalue weighted by molar-refractivity contribution is 0.429. The Hall–Kier alpha value is -0.610. The Balaban J connectivity index is 0.000000605. The smallest absolute Gasteiger partial charge is 0.233 e. The first-order valence-electron chi connectivity index (χ1n) is 3.46. The van der Waals surface area contributed by atoms with Crippen molar-refractivity contribution in [2.75, 3.05) is 6.54 Å². The van der Waals surface area contributed by atoms with Gasteiger partial charge in [-0.25, -0.2) is 0 Å². The number of hydrogen-bond donors (Lipinski definition) is 1. The summed E-state index contributed by atoms with van der Waals surface area (Å²) in [5.41, 5.74) is 0. The molecule has 4 nitrogen and oxygen atoms in total. The molecule has 2 rings (SSSR count). The summed E-state index contributed by atoms with van der Waals surface area (Å²) in [5, 5.41) is 10.7. The molecule has 5 heteroatoms. The van der Waals surface area contributed by atoms with Crippen LogP contribution in [0.3, 0.4) is 0 Å². The maximum Gasteiger partial charge on any atom is 0.233 e. The van der Waals surface area contributed by atoms with Crippen molar-refractivity contribution in [3.8, 4) is 0 Å². The van der Waals surface area contributed by atoms with Crippen molar-refractivity contribution in [3.63, 3.8) is 0 Å². The van der Waals surface area contributed by atoms with Gasteiger partial charge in [0.15, 0.2) is 0 Å². The van der Waals surface area contributed by atoms with Gasteiger partial charge in [0, 0.05) is 0 Å². The molecule has 1 aliphatic heterocycles. The van der Waals surface area contributed by atoms with E-state index in [-0.39, 0.29) is 12.4 Å². The maximum absolute atomic E-state index is 5.03. The average Bonchev–Trinajstić information content (AvgIpc) is 2.59. The van der Waals surface area contributed by atoms with E-state index >= 15 is 0 Å². The van der Waals surface area contributed by atoms with Crippen LogP contribution in [-0.4, -0.2) is 16.7 Å². The topological polar surface area (TPSA) is 51.0 Å². The van der Waals surface area contributed by atoms with Crippen LogP contribution in [0.5, 0.6) is 0 Å². The molecule has 0 radical (unpaired) electrons. The Morgan fingerprint density at radius 1 is 1.64 bits per heavy atom. The normalized spacial score (nSPS) is 23.1. The third-order valence-corrected chi connectivity index (χ3v) is 1.74. The van der Waals surface area contributed by atoms with Crippen LogP contribution in [0.15, 0.2) is 10.8 Å². The van der Waals surface area contributed by atoms with Gasteiger partial charge in [-0.15, -0.1) is 22.6 Å². The number of nitrogens with one attached hydrogen (secondary N) is 1. The Kier molecular flexibility index (Phi) is 2.84. The lowest BCUT2D eigenvalue weighted by Crippen LogP contribution is -2.12. The molecule has 1 aliphatic rings. The Morgan fingerprint density at radius 2 is 2.55 bits per heavy atom. The fourth-order valence-electron chi connectivity index (χ4n) is 1.23. The van der Waals surface area contributed by atoms with Crippen LogP contribution in [0.1, 0.15) is 24.8 Å². The molecule has 0 aliphatic carbocycles. The molecule has 0 saturated carbocycles. The second-order valence-corrected chi connectivity index (χ2v) is 2.43. The van der Waals surface area contributed by atoms with Gasteiger partial charge < -0.3 is 9.73 Å². The summed E-state index contributed by atoms with van der Waals surface area (Å²) in [4.78, 5) is 0. The Bertz CT molecular complexity index is 196. The summed E-state index contributed by atoms with van der Waals surface area (Å²) in [6.45, 7) is 1.06. The van der Waals surface area contributed by atoms with Crippen molar-refractivity contribution < 1.29 is 4.42 Å². The molecule has 0 spiro atoms. The van der Waals surface area contributed by atoms with Gasteiger partial charge in [0.05, 0.1) is 6.04 Å². The largest absolute Gasteiger partial charge is 0.426 e. The Morgan fingerprint density at radius 3 is 3.09 bits per heavy atom. The van der Waals surface area contributed by atoms with Crippen LogP contribution >= 0.6 is 12.4 Å². The van der Waals surface area contributed by atoms with Crippen molar-refractivity contribution in [2.24, 2.45) is 0 Å². The molecular formula is C6H10ClN3O. The van der Waals surface area contributed by atoms with E-state index in [0.717, 1.165) is 18.9 Å². The van der Waals surface area contributed by atoms with Crippen molar-refractivity contribution in [3.05, 3.63) is 12.3 Å². The molecule has 1 unspecified atom stereocenters. The van der Waals surface area contributed by atoms with Gasteiger partial charge in [-0.05, 0) is 19.4 Å². The summed E-state index contributed by atoms with van der Waals surface area (Å²) in [5.74, 6) is 0.720. The summed E-state index contributed by atoms with van der Waals surface area (Å²) in [6, 6.07) is 0.308. The van der Waals surface area contributed by atoms with Gasteiger partial charge in [-0.3, -0.25) is 0 Å². The van der Waals surface area contributed by atoms with Crippen LogP contribution in [0.4, 0.5) is 0 Å². The fourth-order valence-corrected chi connectivity index (χ4v) is 1.23. The van der Waals surface area contributed by atoms with Crippen molar-refractivity contribution in [2.45, 2.75) is 18.9 Å². The molecule has 1 fully saturated rings. The highest BCUT2D eigenvalue weighted by Crippen LogP contribution is 2.19. The molecule has 1 atom stereocenters. The SMILES string of the molecule is Cl.c1nnc(C2CCCN2)o1. The molecule has 62 valence electrons. The first-order chi connectivity index (χ1) is 4.97. The van der Waals surface area contributed by atoms with Crippen LogP contribution in [-0.2, 0) is 0 Å². The molecule has 2 heterocycles. The molecule has 1 aromatic rings. The third-order valence-electron chi connectivity index (χ3n) is 1.74. The predicted molar refractivity (Wildman–Crippen MR) is 41.5 cm³/mol. The van der Waals surface area contributed by atoms with Crippen LogP contribution in [0, 0.1) is 0 Å². The standard InChI is InChI=1S/C6H9N3O.ClH/c1-2-5(7-3-1)6-9-8-4-10-6;/h4-5,7H,1-3H2;1H. The molecule has 1 saturated heterocycles. The summed E-state index contributed by atoms with van der Waals surface area (Å²) in [7, 11) is 0. The number of hydrogen-bond acceptors (Lipinski definition) is 4. The summed E-state index contributed by atoms with van der Waals surface area (Å²) < 4.78 is 5.03. The highest BCUT2D eigenvalue weighted by atomic mass is 35.5. The van der Waals surface area contributed by atoms with Crippen LogP contribution < -0.4 is 5.32 Å². The monoisotopic (exact) mass is 175 g/mol. The highest BCUT2D eigenvalue weighted by molar-refractivity contribution is 5.85. The van der Waals surface area contributed by atoms with E-state index in [0.29, 0.717) is 6.04 Å². The first-order valence-corrected chi connectivity index (χ1v) is 3.46. The minimum absolute atomic E-state index is 0. The van der Waals surface area contributed by atoms with Crippen molar-refractivity contribution in [1.82, 2.24) is 15.5 Å². The van der Waals surface area contributed by atoms with Crippen molar-refractivity contribution >= 4 is 12.4 Å². The molecular weight excluding hydrogens is 166 g/mol. The maximum atomic E-state index is 5.03. The Labute approximate surface area is 70.8 Å². The van der Waals surface area contributed by atoms with Gasteiger partial charge in [-0.2, -0.15) is 0 Å². The molecule has 0 bridgehead atoms. The van der Waals surface area contributed by atoms with Gasteiger partial charge in [-0.1, -0.05) is 0 Å². The van der Waals surface area contributed by atoms with E-state index in [4.69, 9.17) is 4.42 Å². The van der Waals surface area contributed by atoms with Gasteiger partial charge in [0.2, 0.25) is 12.3 Å². The van der Waals surface area contributed by atoms with Gasteiger partial charge in [0.1, 0.15) is 0 Å². The predicted octanol–water partition coefficient (Wildman–Crippen LogP) is 0.916. The zero-order valence-electron chi connectivity index (χ0n) is 5.99. The number of nitrogens with zero attached hydrogens (tertiary/aromatic N) is 2. The quantitative estimate of drug-likeness (QED) is 0.690. The highest BCUT2D eigenvalue weighted by Gasteiger charge is 2.19. The van der Waals surface area contributed by atoms with Gasteiger partial charge >= 0.3 is 0 Å². The average molecular weight is 176 g/mol. The second kappa shape index (κ2) is 3.69. The fraction of sp³-hybridized carbons (Fsp3) is 0.667. The minimum atomic E-state index is 0. The zero-order valence-corrected chi connectivity index (χ0v) is 6.80. The molecule has 1 N–H and O–H groups in total. The molecule has 0 aromatic carbocycles. The molecule has 1 aromatic heterocycles. The van der Waals surface area contributed by atoms with E-state index < -0.39 is 0 Å². The third kappa shape index (κ3) is 1.70. The van der Waals surface area contributed by atoms with E-state index in [1.807, 2.05) is 0 Å². The van der Waals surface area contributed by atoms with Gasteiger partial charge in [0.25, 0.3) is 0 Å². The second-order valence-electron chi connectivity index (χ2n) is 2.43. The lowest BCUT2D eigenvalue weighted by Gasteiger charge is -2.01. The number of halogens is 1. The van der Waals surface area contributed by atoms with Crippen molar-refractivity contribution in [1.29, 1.82) is 0 Å². The van der Waals surface area contributed by atoms with Crippen LogP contribution in [0.2, 0.25) is 0 Å². The molecule has 0 amide bonds. The summed E-state index contributed by atoms with van der Waals surface area (Å²) >= 11 is 0. The lowest BCUT2D eigenvalue weighted by atomic mass is 10.2. The molecule has 11 heavy (non-hydrogen) atoms. The zero-order chi connectivity index (χ0) is 6.81. The summed E-state index contributed by atoms with van der Waals surface area (Å²) in [6.07, 6.45) is 3.69.